The van der Waals surface area contributed by atoms with Crippen LogP contribution in [-0.4, -0.2) is 41.8 Å². The number of aryl methyl sites for hydroxylation is 1. The summed E-state index contributed by atoms with van der Waals surface area (Å²) < 4.78 is 0. The van der Waals surface area contributed by atoms with Gasteiger partial charge in [0, 0.05) is 30.9 Å². The van der Waals surface area contributed by atoms with Crippen LogP contribution in [0.1, 0.15) is 18.2 Å². The topological polar surface area (TPSA) is 44.0 Å². The number of rotatable bonds is 6. The van der Waals surface area contributed by atoms with Crippen LogP contribution in [0.4, 0.5) is 0 Å². The SMILES string of the molecule is CCN(C)CCNCc1cn[nH]c1C. The van der Waals surface area contributed by atoms with Crippen molar-refractivity contribution in [1.82, 2.24) is 20.4 Å². The van der Waals surface area contributed by atoms with Crippen molar-refractivity contribution in [2.75, 3.05) is 26.7 Å². The molecule has 4 nitrogen and oxygen atoms in total. The van der Waals surface area contributed by atoms with Crippen molar-refractivity contribution in [1.29, 1.82) is 0 Å². The Morgan fingerprint density at radius 1 is 1.57 bits per heavy atom. The van der Waals surface area contributed by atoms with Crippen LogP contribution >= 0.6 is 0 Å². The molecular formula is C10H20N4. The third-order valence-corrected chi connectivity index (χ3v) is 2.46. The van der Waals surface area contributed by atoms with E-state index in [1.807, 2.05) is 13.1 Å². The molecule has 0 aliphatic carbocycles. The van der Waals surface area contributed by atoms with E-state index in [2.05, 4.69) is 34.4 Å². The standard InChI is InChI=1S/C10H20N4/c1-4-14(3)6-5-11-7-10-8-12-13-9(10)2/h8,11H,4-7H2,1-3H3,(H,12,13). The first-order valence-corrected chi connectivity index (χ1v) is 5.12. The number of nitrogens with one attached hydrogen (secondary N) is 2. The maximum Gasteiger partial charge on any atom is 0.0535 e. The molecule has 0 saturated heterocycles. The number of likely N-dealkylation sites (N-methyl/N-ethyl adjacent to an activating group) is 1. The lowest BCUT2D eigenvalue weighted by Gasteiger charge is -2.13. The van der Waals surface area contributed by atoms with Gasteiger partial charge in [0.05, 0.1) is 6.20 Å². The lowest BCUT2D eigenvalue weighted by molar-refractivity contribution is 0.349. The number of hydrogen-bond acceptors (Lipinski definition) is 3. The van der Waals surface area contributed by atoms with Crippen LogP contribution in [0.3, 0.4) is 0 Å². The third kappa shape index (κ3) is 3.47. The largest absolute Gasteiger partial charge is 0.311 e. The minimum atomic E-state index is 0.903. The number of aromatic nitrogens is 2. The van der Waals surface area contributed by atoms with Crippen LogP contribution in [0.5, 0.6) is 0 Å². The molecule has 1 heterocycles. The average molecular weight is 196 g/mol. The first-order chi connectivity index (χ1) is 6.74. The smallest absolute Gasteiger partial charge is 0.0535 e. The fraction of sp³-hybridized carbons (Fsp3) is 0.700. The monoisotopic (exact) mass is 196 g/mol. The zero-order valence-corrected chi connectivity index (χ0v) is 9.30. The number of aromatic amines is 1. The van der Waals surface area contributed by atoms with Gasteiger partial charge in [-0.1, -0.05) is 6.92 Å². The Hall–Kier alpha value is -0.870. The summed E-state index contributed by atoms with van der Waals surface area (Å²) in [5, 5.41) is 10.3. The second kappa shape index (κ2) is 5.78. The van der Waals surface area contributed by atoms with E-state index in [-0.39, 0.29) is 0 Å². The van der Waals surface area contributed by atoms with Crippen LogP contribution in [0, 0.1) is 6.92 Å². The van der Waals surface area contributed by atoms with Crippen molar-refractivity contribution < 1.29 is 0 Å². The van der Waals surface area contributed by atoms with Crippen molar-refractivity contribution in [2.45, 2.75) is 20.4 Å². The molecule has 4 heteroatoms. The predicted molar refractivity (Wildman–Crippen MR) is 58.2 cm³/mol. The molecule has 0 amide bonds. The summed E-state index contributed by atoms with van der Waals surface area (Å²) in [6.07, 6.45) is 1.88. The lowest BCUT2D eigenvalue weighted by atomic mass is 10.2. The van der Waals surface area contributed by atoms with E-state index in [9.17, 15) is 0 Å². The average Bonchev–Trinajstić information content (AvgIpc) is 2.58. The van der Waals surface area contributed by atoms with Gasteiger partial charge in [0.2, 0.25) is 0 Å². The molecule has 0 unspecified atom stereocenters. The molecule has 1 rings (SSSR count). The van der Waals surface area contributed by atoms with Crippen molar-refractivity contribution in [3.8, 4) is 0 Å². The highest BCUT2D eigenvalue weighted by Gasteiger charge is 1.99. The molecule has 1 aromatic heterocycles. The second-order valence-electron chi connectivity index (χ2n) is 3.59. The molecule has 0 fully saturated rings. The van der Waals surface area contributed by atoms with Crippen molar-refractivity contribution >= 4 is 0 Å². The summed E-state index contributed by atoms with van der Waals surface area (Å²) >= 11 is 0. The fourth-order valence-corrected chi connectivity index (χ4v) is 1.20. The number of nitrogens with zero attached hydrogens (tertiary/aromatic N) is 2. The van der Waals surface area contributed by atoms with Gasteiger partial charge in [-0.3, -0.25) is 5.10 Å². The van der Waals surface area contributed by atoms with E-state index in [4.69, 9.17) is 0 Å². The molecule has 0 atom stereocenters. The van der Waals surface area contributed by atoms with Crippen LogP contribution in [0.2, 0.25) is 0 Å². The molecule has 0 saturated carbocycles. The Labute approximate surface area is 85.7 Å². The Bertz CT molecular complexity index is 256. The molecule has 0 aliphatic heterocycles. The van der Waals surface area contributed by atoms with E-state index < -0.39 is 0 Å². The summed E-state index contributed by atoms with van der Waals surface area (Å²) in [4.78, 5) is 2.29. The van der Waals surface area contributed by atoms with E-state index >= 15 is 0 Å². The Morgan fingerprint density at radius 2 is 2.36 bits per heavy atom. The van der Waals surface area contributed by atoms with Gasteiger partial charge >= 0.3 is 0 Å². The summed E-state index contributed by atoms with van der Waals surface area (Å²) in [7, 11) is 2.13. The molecule has 14 heavy (non-hydrogen) atoms. The van der Waals surface area contributed by atoms with E-state index in [1.54, 1.807) is 0 Å². The van der Waals surface area contributed by atoms with Gasteiger partial charge < -0.3 is 10.2 Å². The van der Waals surface area contributed by atoms with Gasteiger partial charge in [0.1, 0.15) is 0 Å². The molecular weight excluding hydrogens is 176 g/mol. The molecule has 2 N–H and O–H groups in total. The minimum absolute atomic E-state index is 0.903. The molecule has 0 aliphatic rings. The third-order valence-electron chi connectivity index (χ3n) is 2.46. The highest BCUT2D eigenvalue weighted by atomic mass is 15.1. The Kier molecular flexibility index (Phi) is 4.62. The zero-order valence-electron chi connectivity index (χ0n) is 9.30. The minimum Gasteiger partial charge on any atom is -0.311 e. The maximum atomic E-state index is 3.98. The van der Waals surface area contributed by atoms with E-state index in [1.165, 1.54) is 5.56 Å². The van der Waals surface area contributed by atoms with Crippen LogP contribution in [0.15, 0.2) is 6.20 Å². The van der Waals surface area contributed by atoms with E-state index in [0.29, 0.717) is 0 Å². The molecule has 0 bridgehead atoms. The number of H-pyrrole nitrogens is 1. The van der Waals surface area contributed by atoms with Gasteiger partial charge in [0.15, 0.2) is 0 Å². The highest BCUT2D eigenvalue weighted by molar-refractivity contribution is 5.13. The quantitative estimate of drug-likeness (QED) is 0.660. The summed E-state index contributed by atoms with van der Waals surface area (Å²) in [5.74, 6) is 0. The van der Waals surface area contributed by atoms with Crippen molar-refractivity contribution in [2.24, 2.45) is 0 Å². The normalized spacial score (nSPS) is 11.1. The summed E-state index contributed by atoms with van der Waals surface area (Å²) in [6, 6.07) is 0. The van der Waals surface area contributed by atoms with Gasteiger partial charge in [0.25, 0.3) is 0 Å². The Morgan fingerprint density at radius 3 is 2.93 bits per heavy atom. The number of hydrogen-bond donors (Lipinski definition) is 2. The fourth-order valence-electron chi connectivity index (χ4n) is 1.20. The predicted octanol–water partition coefficient (Wildman–Crippen LogP) is 0.759. The molecule has 0 radical (unpaired) electrons. The van der Waals surface area contributed by atoms with Crippen LogP contribution in [-0.2, 0) is 6.54 Å². The summed E-state index contributed by atoms with van der Waals surface area (Å²) in [6.45, 7) is 8.33. The van der Waals surface area contributed by atoms with E-state index in [0.717, 1.165) is 31.9 Å². The molecule has 0 spiro atoms. The van der Waals surface area contributed by atoms with Crippen LogP contribution in [0.25, 0.3) is 0 Å². The summed E-state index contributed by atoms with van der Waals surface area (Å²) in [5.41, 5.74) is 2.41. The van der Waals surface area contributed by atoms with Gasteiger partial charge in [-0.2, -0.15) is 5.10 Å². The van der Waals surface area contributed by atoms with Crippen LogP contribution < -0.4 is 5.32 Å². The molecule has 80 valence electrons. The zero-order chi connectivity index (χ0) is 10.4. The van der Waals surface area contributed by atoms with Gasteiger partial charge in [-0.25, -0.2) is 0 Å². The Balaban J connectivity index is 2.13. The van der Waals surface area contributed by atoms with Gasteiger partial charge in [-0.05, 0) is 20.5 Å². The van der Waals surface area contributed by atoms with Crippen molar-refractivity contribution in [3.63, 3.8) is 0 Å². The first-order valence-electron chi connectivity index (χ1n) is 5.12. The van der Waals surface area contributed by atoms with Gasteiger partial charge in [-0.15, -0.1) is 0 Å². The molecule has 0 aromatic carbocycles. The maximum absolute atomic E-state index is 3.98. The van der Waals surface area contributed by atoms with Crippen molar-refractivity contribution in [3.05, 3.63) is 17.5 Å². The highest BCUT2D eigenvalue weighted by Crippen LogP contribution is 2.00. The first kappa shape index (κ1) is 11.2. The molecule has 1 aromatic rings. The second-order valence-corrected chi connectivity index (χ2v) is 3.59. The lowest BCUT2D eigenvalue weighted by Crippen LogP contribution is -2.28.